The lowest BCUT2D eigenvalue weighted by molar-refractivity contribution is 0.318. The van der Waals surface area contributed by atoms with E-state index < -0.39 is 0 Å². The zero-order valence-corrected chi connectivity index (χ0v) is 13.8. The van der Waals surface area contributed by atoms with Crippen molar-refractivity contribution in [1.29, 1.82) is 0 Å². The van der Waals surface area contributed by atoms with Crippen LogP contribution in [0.25, 0.3) is 11.1 Å². The van der Waals surface area contributed by atoms with Crippen LogP contribution >= 0.6 is 0 Å². The summed E-state index contributed by atoms with van der Waals surface area (Å²) in [5.74, 6) is 1.85. The number of nitrogens with one attached hydrogen (secondary N) is 2. The van der Waals surface area contributed by atoms with Crippen molar-refractivity contribution in [2.45, 2.75) is 6.42 Å². The van der Waals surface area contributed by atoms with Gasteiger partial charge in [-0.15, -0.1) is 0 Å². The molecule has 1 aliphatic rings. The van der Waals surface area contributed by atoms with E-state index in [0.29, 0.717) is 13.2 Å². The second kappa shape index (κ2) is 7.49. The molecular weight excluding hydrogens is 288 g/mol. The first-order valence-electron chi connectivity index (χ1n) is 8.13. The minimum absolute atomic E-state index is 0.676. The predicted molar refractivity (Wildman–Crippen MR) is 93.5 cm³/mol. The molecule has 4 nitrogen and oxygen atoms in total. The lowest BCUT2D eigenvalue weighted by atomic mass is 10.1. The highest BCUT2D eigenvalue weighted by Gasteiger charge is 2.19. The van der Waals surface area contributed by atoms with Gasteiger partial charge in [-0.3, -0.25) is 0 Å². The lowest BCUT2D eigenvalue weighted by Crippen LogP contribution is -2.16. The summed E-state index contributed by atoms with van der Waals surface area (Å²) in [5, 5.41) is 6.18. The maximum absolute atomic E-state index is 5.79. The van der Waals surface area contributed by atoms with Gasteiger partial charge >= 0.3 is 0 Å². The topological polar surface area (TPSA) is 42.5 Å². The summed E-state index contributed by atoms with van der Waals surface area (Å²) in [7, 11) is 3.86. The van der Waals surface area contributed by atoms with Crippen LogP contribution in [0.1, 0.15) is 11.1 Å². The van der Waals surface area contributed by atoms with Crippen molar-refractivity contribution in [2.75, 3.05) is 40.4 Å². The highest BCUT2D eigenvalue weighted by molar-refractivity contribution is 5.78. The Morgan fingerprint density at radius 2 is 1.26 bits per heavy atom. The smallest absolute Gasteiger partial charge is 0.120 e. The minimum Gasteiger partial charge on any atom is -0.492 e. The average Bonchev–Trinajstić information content (AvgIpc) is 2.93. The largest absolute Gasteiger partial charge is 0.492 e. The fourth-order valence-corrected chi connectivity index (χ4v) is 2.85. The van der Waals surface area contributed by atoms with Gasteiger partial charge in [0.1, 0.15) is 24.7 Å². The lowest BCUT2D eigenvalue weighted by Gasteiger charge is -2.10. The highest BCUT2D eigenvalue weighted by atomic mass is 16.5. The number of benzene rings is 2. The van der Waals surface area contributed by atoms with E-state index >= 15 is 0 Å². The highest BCUT2D eigenvalue weighted by Crippen LogP contribution is 2.40. The molecule has 122 valence electrons. The van der Waals surface area contributed by atoms with Gasteiger partial charge in [0, 0.05) is 13.1 Å². The van der Waals surface area contributed by atoms with Gasteiger partial charge in [-0.2, -0.15) is 0 Å². The number of ether oxygens (including phenoxy) is 2. The van der Waals surface area contributed by atoms with Crippen molar-refractivity contribution in [3.05, 3.63) is 47.5 Å². The van der Waals surface area contributed by atoms with Gasteiger partial charge < -0.3 is 20.1 Å². The molecule has 2 aromatic rings. The molecule has 0 aromatic heterocycles. The SMILES string of the molecule is CNCCOc1ccc2c(c1)-c1cc(OCCNC)ccc1C2. The average molecular weight is 312 g/mol. The van der Waals surface area contributed by atoms with Crippen LogP contribution in [0.5, 0.6) is 11.5 Å². The van der Waals surface area contributed by atoms with Crippen molar-refractivity contribution in [3.8, 4) is 22.6 Å². The molecule has 0 amide bonds. The second-order valence-corrected chi connectivity index (χ2v) is 5.72. The van der Waals surface area contributed by atoms with Gasteiger partial charge in [0.25, 0.3) is 0 Å². The molecule has 0 unspecified atom stereocenters. The molecule has 0 fully saturated rings. The molecule has 0 saturated carbocycles. The second-order valence-electron chi connectivity index (χ2n) is 5.72. The summed E-state index contributed by atoms with van der Waals surface area (Å²) in [6, 6.07) is 12.8. The van der Waals surface area contributed by atoms with E-state index in [1.165, 1.54) is 22.3 Å². The first-order valence-corrected chi connectivity index (χ1v) is 8.13. The molecule has 0 aliphatic heterocycles. The van der Waals surface area contributed by atoms with Crippen molar-refractivity contribution in [2.24, 2.45) is 0 Å². The molecule has 4 heteroatoms. The standard InChI is InChI=1S/C19H24N2O2/c1-20-7-9-22-16-5-3-14-11-15-4-6-17(23-10-8-21-2)13-19(15)18(14)12-16/h3-6,12-13,20-21H,7-11H2,1-2H3. The van der Waals surface area contributed by atoms with E-state index in [4.69, 9.17) is 9.47 Å². The van der Waals surface area contributed by atoms with Crippen LogP contribution in [-0.2, 0) is 6.42 Å². The van der Waals surface area contributed by atoms with Crippen LogP contribution in [-0.4, -0.2) is 40.4 Å². The third kappa shape index (κ3) is 3.66. The summed E-state index contributed by atoms with van der Waals surface area (Å²) in [5.41, 5.74) is 5.24. The fraction of sp³-hybridized carbons (Fsp3) is 0.368. The Morgan fingerprint density at radius 1 is 0.783 bits per heavy atom. The Kier molecular flexibility index (Phi) is 5.16. The first-order chi connectivity index (χ1) is 11.3. The van der Waals surface area contributed by atoms with Crippen LogP contribution < -0.4 is 20.1 Å². The molecule has 2 N–H and O–H groups in total. The quantitative estimate of drug-likeness (QED) is 0.627. The van der Waals surface area contributed by atoms with E-state index in [2.05, 4.69) is 47.0 Å². The Labute approximate surface area is 137 Å². The van der Waals surface area contributed by atoms with E-state index in [0.717, 1.165) is 31.0 Å². The van der Waals surface area contributed by atoms with Crippen LogP contribution in [0.3, 0.4) is 0 Å². The maximum Gasteiger partial charge on any atom is 0.120 e. The number of likely N-dealkylation sites (N-methyl/N-ethyl adjacent to an activating group) is 2. The van der Waals surface area contributed by atoms with Gasteiger partial charge in [0.2, 0.25) is 0 Å². The summed E-state index contributed by atoms with van der Waals surface area (Å²) in [6.07, 6.45) is 0.984. The van der Waals surface area contributed by atoms with Gasteiger partial charge in [-0.05, 0) is 67.0 Å². The molecule has 23 heavy (non-hydrogen) atoms. The Bertz CT molecular complexity index is 613. The molecule has 2 aromatic carbocycles. The van der Waals surface area contributed by atoms with E-state index in [1.54, 1.807) is 0 Å². The molecule has 3 rings (SSSR count). The molecule has 1 aliphatic carbocycles. The van der Waals surface area contributed by atoms with Gasteiger partial charge in [-0.25, -0.2) is 0 Å². The van der Waals surface area contributed by atoms with Gasteiger partial charge in [-0.1, -0.05) is 12.1 Å². The van der Waals surface area contributed by atoms with Gasteiger partial charge in [0.05, 0.1) is 0 Å². The van der Waals surface area contributed by atoms with Crippen LogP contribution in [0.2, 0.25) is 0 Å². The van der Waals surface area contributed by atoms with Gasteiger partial charge in [0.15, 0.2) is 0 Å². The number of hydrogen-bond donors (Lipinski definition) is 2. The van der Waals surface area contributed by atoms with Crippen molar-refractivity contribution >= 4 is 0 Å². The molecule has 0 saturated heterocycles. The third-order valence-electron chi connectivity index (χ3n) is 4.08. The molecule has 0 heterocycles. The Morgan fingerprint density at radius 3 is 1.70 bits per heavy atom. The summed E-state index contributed by atoms with van der Waals surface area (Å²) < 4.78 is 11.6. The first kappa shape index (κ1) is 15.8. The van der Waals surface area contributed by atoms with Crippen molar-refractivity contribution in [3.63, 3.8) is 0 Å². The van der Waals surface area contributed by atoms with Crippen molar-refractivity contribution < 1.29 is 9.47 Å². The maximum atomic E-state index is 5.79. The number of fused-ring (bicyclic) bond motifs is 3. The molecule has 0 atom stereocenters. The normalized spacial score (nSPS) is 11.9. The summed E-state index contributed by atoms with van der Waals surface area (Å²) >= 11 is 0. The van der Waals surface area contributed by atoms with Crippen molar-refractivity contribution in [1.82, 2.24) is 10.6 Å². The monoisotopic (exact) mass is 312 g/mol. The molecule has 0 bridgehead atoms. The number of rotatable bonds is 8. The zero-order valence-electron chi connectivity index (χ0n) is 13.8. The third-order valence-corrected chi connectivity index (χ3v) is 4.08. The van der Waals surface area contributed by atoms with E-state index in [-0.39, 0.29) is 0 Å². The van der Waals surface area contributed by atoms with Crippen LogP contribution in [0.15, 0.2) is 36.4 Å². The molecule has 0 spiro atoms. The molecular formula is C19H24N2O2. The minimum atomic E-state index is 0.676. The van der Waals surface area contributed by atoms with Crippen LogP contribution in [0.4, 0.5) is 0 Å². The molecule has 0 radical (unpaired) electrons. The van der Waals surface area contributed by atoms with Crippen LogP contribution in [0, 0.1) is 0 Å². The Balaban J connectivity index is 1.79. The van der Waals surface area contributed by atoms with E-state index in [9.17, 15) is 0 Å². The zero-order chi connectivity index (χ0) is 16.1. The van der Waals surface area contributed by atoms with E-state index in [1.807, 2.05) is 14.1 Å². The summed E-state index contributed by atoms with van der Waals surface area (Å²) in [4.78, 5) is 0. The fourth-order valence-electron chi connectivity index (χ4n) is 2.85. The number of hydrogen-bond acceptors (Lipinski definition) is 4. The predicted octanol–water partition coefficient (Wildman–Crippen LogP) is 2.45. The Hall–Kier alpha value is -2.04. The summed E-state index contributed by atoms with van der Waals surface area (Å²) in [6.45, 7) is 3.04.